The average molecular weight is 481 g/mol. The third kappa shape index (κ3) is 5.50. The van der Waals surface area contributed by atoms with Gasteiger partial charge in [-0.2, -0.15) is 0 Å². The summed E-state index contributed by atoms with van der Waals surface area (Å²) in [6.07, 6.45) is 1.78. The molecular formula is C25H21ClN2O4S. The van der Waals surface area contributed by atoms with E-state index in [2.05, 4.69) is 10.3 Å². The molecule has 1 fully saturated rings. The summed E-state index contributed by atoms with van der Waals surface area (Å²) < 4.78 is 16.7. The Bertz CT molecular complexity index is 1240. The first-order valence-corrected chi connectivity index (χ1v) is 11.2. The summed E-state index contributed by atoms with van der Waals surface area (Å²) in [5, 5.41) is 3.92. The molecule has 0 bridgehead atoms. The minimum absolute atomic E-state index is 0.216. The fourth-order valence-electron chi connectivity index (χ4n) is 3.13. The molecule has 0 radical (unpaired) electrons. The Hall–Kier alpha value is -3.42. The Morgan fingerprint density at radius 1 is 0.970 bits per heavy atom. The maximum atomic E-state index is 12.5. The molecule has 3 aromatic carbocycles. The van der Waals surface area contributed by atoms with Crippen molar-refractivity contribution in [1.29, 1.82) is 0 Å². The Morgan fingerprint density at radius 2 is 1.73 bits per heavy atom. The van der Waals surface area contributed by atoms with Gasteiger partial charge in [-0.3, -0.25) is 4.79 Å². The lowest BCUT2D eigenvalue weighted by Gasteiger charge is -2.12. The van der Waals surface area contributed by atoms with Gasteiger partial charge in [-0.15, -0.1) is 0 Å². The third-order valence-corrected chi connectivity index (χ3v) is 6.06. The van der Waals surface area contributed by atoms with Gasteiger partial charge in [0.25, 0.3) is 5.91 Å². The number of halogens is 1. The van der Waals surface area contributed by atoms with Gasteiger partial charge in [-0.25, -0.2) is 4.99 Å². The second kappa shape index (κ2) is 10.5. The zero-order valence-electron chi connectivity index (χ0n) is 18.0. The van der Waals surface area contributed by atoms with Gasteiger partial charge in [0.05, 0.1) is 19.1 Å². The molecule has 0 aromatic heterocycles. The van der Waals surface area contributed by atoms with Crippen molar-refractivity contribution in [3.8, 4) is 17.2 Å². The first-order chi connectivity index (χ1) is 16.1. The largest absolute Gasteiger partial charge is 0.494 e. The van der Waals surface area contributed by atoms with E-state index in [9.17, 15) is 4.79 Å². The summed E-state index contributed by atoms with van der Waals surface area (Å²) in [7, 11) is 3.16. The molecule has 1 N–H and O–H groups in total. The van der Waals surface area contributed by atoms with E-state index in [-0.39, 0.29) is 5.91 Å². The Labute approximate surface area is 201 Å². The molecule has 1 saturated heterocycles. The van der Waals surface area contributed by atoms with Crippen molar-refractivity contribution in [2.75, 3.05) is 14.2 Å². The van der Waals surface area contributed by atoms with Crippen molar-refractivity contribution in [2.45, 2.75) is 6.61 Å². The van der Waals surface area contributed by atoms with E-state index in [0.717, 1.165) is 11.1 Å². The van der Waals surface area contributed by atoms with Crippen molar-refractivity contribution in [3.63, 3.8) is 0 Å². The van der Waals surface area contributed by atoms with E-state index in [1.807, 2.05) is 66.7 Å². The summed E-state index contributed by atoms with van der Waals surface area (Å²) in [6.45, 7) is 0.317. The standard InChI is InChI=1S/C25H21ClN2O4S/c1-30-20-10-6-5-9-19(20)27-25-28-24(29)23(33-25)14-16-11-12-21(22(13-16)31-2)32-15-17-7-3-4-8-18(17)26/h3-14H,15H2,1-2H3,(H,27,28,29). The summed E-state index contributed by atoms with van der Waals surface area (Å²) in [6, 6.07) is 20.4. The van der Waals surface area contributed by atoms with Crippen molar-refractivity contribution in [1.82, 2.24) is 5.32 Å². The van der Waals surface area contributed by atoms with Crippen LogP contribution in [0.3, 0.4) is 0 Å². The van der Waals surface area contributed by atoms with E-state index >= 15 is 0 Å². The zero-order chi connectivity index (χ0) is 23.2. The maximum Gasteiger partial charge on any atom is 0.264 e. The Balaban J connectivity index is 1.51. The summed E-state index contributed by atoms with van der Waals surface area (Å²) in [4.78, 5) is 17.5. The number of amides is 1. The monoisotopic (exact) mass is 480 g/mol. The fourth-order valence-corrected chi connectivity index (χ4v) is 4.15. The van der Waals surface area contributed by atoms with E-state index < -0.39 is 0 Å². The number of carbonyl (C=O) groups excluding carboxylic acids is 1. The highest BCUT2D eigenvalue weighted by Crippen LogP contribution is 2.34. The van der Waals surface area contributed by atoms with Crippen LogP contribution in [0.2, 0.25) is 5.02 Å². The molecule has 0 spiro atoms. The van der Waals surface area contributed by atoms with Crippen molar-refractivity contribution >= 4 is 46.2 Å². The molecule has 1 heterocycles. The molecule has 0 saturated carbocycles. The number of nitrogens with zero attached hydrogens (tertiary/aromatic N) is 1. The number of para-hydroxylation sites is 2. The molecule has 168 valence electrons. The van der Waals surface area contributed by atoms with E-state index in [1.165, 1.54) is 11.8 Å². The SMILES string of the molecule is COc1ccccc1N=C1NC(=O)C(=Cc2ccc(OCc3ccccc3Cl)c(OC)c2)S1. The average Bonchev–Trinajstić information content (AvgIpc) is 3.17. The van der Waals surface area contributed by atoms with Gasteiger partial charge in [0.15, 0.2) is 16.7 Å². The Morgan fingerprint density at radius 3 is 2.52 bits per heavy atom. The molecule has 1 aliphatic heterocycles. The number of thioether (sulfide) groups is 1. The minimum atomic E-state index is -0.216. The topological polar surface area (TPSA) is 69.2 Å². The number of amidine groups is 1. The van der Waals surface area contributed by atoms with Gasteiger partial charge in [0, 0.05) is 10.6 Å². The highest BCUT2D eigenvalue weighted by molar-refractivity contribution is 8.18. The number of methoxy groups -OCH3 is 2. The molecular weight excluding hydrogens is 460 g/mol. The summed E-state index contributed by atoms with van der Waals surface area (Å²) >= 11 is 7.46. The lowest BCUT2D eigenvalue weighted by Crippen LogP contribution is -2.19. The van der Waals surface area contributed by atoms with E-state index in [1.54, 1.807) is 20.3 Å². The molecule has 1 amide bonds. The van der Waals surface area contributed by atoms with Gasteiger partial charge < -0.3 is 19.5 Å². The first kappa shape index (κ1) is 22.8. The van der Waals surface area contributed by atoms with Gasteiger partial charge in [0.1, 0.15) is 18.0 Å². The zero-order valence-corrected chi connectivity index (χ0v) is 19.6. The van der Waals surface area contributed by atoms with Gasteiger partial charge in [0.2, 0.25) is 0 Å². The van der Waals surface area contributed by atoms with Crippen molar-refractivity contribution in [2.24, 2.45) is 4.99 Å². The van der Waals surface area contributed by atoms with Crippen LogP contribution in [-0.2, 0) is 11.4 Å². The van der Waals surface area contributed by atoms with Crippen LogP contribution < -0.4 is 19.5 Å². The molecule has 6 nitrogen and oxygen atoms in total. The summed E-state index contributed by atoms with van der Waals surface area (Å²) in [5.41, 5.74) is 2.33. The van der Waals surface area contributed by atoms with Gasteiger partial charge >= 0.3 is 0 Å². The smallest absolute Gasteiger partial charge is 0.264 e. The summed E-state index contributed by atoms with van der Waals surface area (Å²) in [5.74, 6) is 1.56. The molecule has 33 heavy (non-hydrogen) atoms. The maximum absolute atomic E-state index is 12.5. The number of aliphatic imine (C=N–C) groups is 1. The molecule has 0 atom stereocenters. The van der Waals surface area contributed by atoms with Crippen LogP contribution in [0.4, 0.5) is 5.69 Å². The highest BCUT2D eigenvalue weighted by Gasteiger charge is 2.24. The first-order valence-electron chi connectivity index (χ1n) is 10.0. The molecule has 0 aliphatic carbocycles. The second-order valence-corrected chi connectivity index (χ2v) is 8.38. The predicted octanol–water partition coefficient (Wildman–Crippen LogP) is 5.83. The Kier molecular flexibility index (Phi) is 7.22. The molecule has 3 aromatic rings. The number of ether oxygens (including phenoxy) is 3. The number of benzene rings is 3. The highest BCUT2D eigenvalue weighted by atomic mass is 35.5. The lowest BCUT2D eigenvalue weighted by molar-refractivity contribution is -0.115. The number of rotatable bonds is 7. The minimum Gasteiger partial charge on any atom is -0.494 e. The van der Waals surface area contributed by atoms with Gasteiger partial charge in [-0.05, 0) is 53.7 Å². The number of nitrogens with one attached hydrogen (secondary N) is 1. The van der Waals surface area contributed by atoms with E-state index in [0.29, 0.717) is 44.6 Å². The van der Waals surface area contributed by atoms with E-state index in [4.69, 9.17) is 25.8 Å². The van der Waals surface area contributed by atoms with Crippen LogP contribution in [0.25, 0.3) is 6.08 Å². The van der Waals surface area contributed by atoms with Crippen molar-refractivity contribution in [3.05, 3.63) is 87.8 Å². The number of hydrogen-bond acceptors (Lipinski definition) is 6. The van der Waals surface area contributed by atoms with Gasteiger partial charge in [-0.1, -0.05) is 48.0 Å². The van der Waals surface area contributed by atoms with Crippen molar-refractivity contribution < 1.29 is 19.0 Å². The van der Waals surface area contributed by atoms with Crippen LogP contribution >= 0.6 is 23.4 Å². The molecule has 8 heteroatoms. The molecule has 0 unspecified atom stereocenters. The van der Waals surface area contributed by atoms with Crippen LogP contribution in [0, 0.1) is 0 Å². The van der Waals surface area contributed by atoms with Crippen LogP contribution in [0.1, 0.15) is 11.1 Å². The normalized spacial score (nSPS) is 15.5. The quantitative estimate of drug-likeness (QED) is 0.431. The number of carbonyl (C=O) groups is 1. The van der Waals surface area contributed by atoms with Crippen LogP contribution in [0.5, 0.6) is 17.2 Å². The lowest BCUT2D eigenvalue weighted by atomic mass is 10.2. The number of hydrogen-bond donors (Lipinski definition) is 1. The second-order valence-electron chi connectivity index (χ2n) is 6.94. The predicted molar refractivity (Wildman–Crippen MR) is 133 cm³/mol. The third-order valence-electron chi connectivity index (χ3n) is 4.78. The van der Waals surface area contributed by atoms with Crippen LogP contribution in [0.15, 0.2) is 76.6 Å². The van der Waals surface area contributed by atoms with Crippen LogP contribution in [-0.4, -0.2) is 25.3 Å². The molecule has 4 rings (SSSR count). The fraction of sp³-hybridized carbons (Fsp3) is 0.120. The molecule has 1 aliphatic rings.